The van der Waals surface area contributed by atoms with Crippen LogP contribution in [0.1, 0.15) is 79.2 Å². The largest absolute Gasteiger partial charge is 0.384 e. The summed E-state index contributed by atoms with van der Waals surface area (Å²) >= 11 is 1.81. The van der Waals surface area contributed by atoms with Crippen LogP contribution < -0.4 is 11.1 Å². The van der Waals surface area contributed by atoms with E-state index in [1.165, 1.54) is 17.7 Å². The summed E-state index contributed by atoms with van der Waals surface area (Å²) in [7, 11) is -3.15. The number of nitrogens with two attached hydrogens (primary N) is 1. The fourth-order valence-electron chi connectivity index (χ4n) is 6.61. The minimum absolute atomic E-state index is 0.148. The molecule has 0 aliphatic carbocycles. The second kappa shape index (κ2) is 10.7. The normalized spacial score (nSPS) is 22.3. The van der Waals surface area contributed by atoms with Crippen LogP contribution in [0.2, 0.25) is 0 Å². The molecule has 3 aliphatic rings. The van der Waals surface area contributed by atoms with Crippen molar-refractivity contribution in [1.82, 2.24) is 9.21 Å². The van der Waals surface area contributed by atoms with Gasteiger partial charge in [-0.15, -0.1) is 11.3 Å². The summed E-state index contributed by atoms with van der Waals surface area (Å²) in [5.41, 5.74) is 10.6. The van der Waals surface area contributed by atoms with Crippen molar-refractivity contribution in [3.8, 4) is 11.1 Å². The quantitative estimate of drug-likeness (QED) is 0.494. The van der Waals surface area contributed by atoms with Crippen molar-refractivity contribution in [1.29, 1.82) is 0 Å². The zero-order valence-electron chi connectivity index (χ0n) is 22.2. The van der Waals surface area contributed by atoms with Gasteiger partial charge < -0.3 is 11.1 Å². The molecule has 2 atom stereocenters. The highest BCUT2D eigenvalue weighted by molar-refractivity contribution is 7.89. The van der Waals surface area contributed by atoms with Gasteiger partial charge in [0.05, 0.1) is 17.0 Å². The van der Waals surface area contributed by atoms with Crippen LogP contribution in [0.25, 0.3) is 11.1 Å². The predicted molar refractivity (Wildman–Crippen MR) is 152 cm³/mol. The van der Waals surface area contributed by atoms with E-state index in [4.69, 9.17) is 5.73 Å². The second-order valence-electron chi connectivity index (χ2n) is 11.1. The van der Waals surface area contributed by atoms with Gasteiger partial charge in [-0.2, -0.15) is 0 Å². The van der Waals surface area contributed by atoms with E-state index < -0.39 is 15.9 Å². The molecule has 0 saturated carbocycles. The van der Waals surface area contributed by atoms with Gasteiger partial charge in [0.2, 0.25) is 10.0 Å². The van der Waals surface area contributed by atoms with Gasteiger partial charge in [-0.3, -0.25) is 9.69 Å². The summed E-state index contributed by atoms with van der Waals surface area (Å²) in [6, 6.07) is 6.92. The molecule has 0 bridgehead atoms. The highest BCUT2D eigenvalue weighted by atomic mass is 32.2. The maximum Gasteiger partial charge on any atom is 0.250 e. The third-order valence-corrected chi connectivity index (χ3v) is 11.5. The maximum absolute atomic E-state index is 12.5. The number of benzene rings is 1. The minimum atomic E-state index is -3.15. The molecule has 0 spiro atoms. The Bertz CT molecular complexity index is 1240. The number of thiophene rings is 1. The monoisotopic (exact) mass is 544 g/mol. The van der Waals surface area contributed by atoms with E-state index >= 15 is 0 Å². The number of nitrogens with zero attached hydrogens (tertiary/aromatic N) is 2. The molecule has 37 heavy (non-hydrogen) atoms. The van der Waals surface area contributed by atoms with Crippen molar-refractivity contribution in [2.75, 3.05) is 43.8 Å². The second-order valence-corrected chi connectivity index (χ2v) is 14.3. The Labute approximate surface area is 225 Å². The Hall–Kier alpha value is -1.94. The molecule has 2 saturated heterocycles. The van der Waals surface area contributed by atoms with E-state index in [0.717, 1.165) is 54.9 Å². The molecular formula is C28H40N4O3S2. The Morgan fingerprint density at radius 3 is 2.43 bits per heavy atom. The number of rotatable bonds is 8. The van der Waals surface area contributed by atoms with Gasteiger partial charge >= 0.3 is 0 Å². The average Bonchev–Trinajstić information content (AvgIpc) is 3.65. The molecule has 7 nitrogen and oxygen atoms in total. The first-order chi connectivity index (χ1) is 17.7. The number of primary amides is 1. The SMILES string of the molecule is CCS(=O)(=O)N1CCC(C2CNc3c(C(N)=O)cc(-c4csc(C(C(C)C)N5CCCC5)c4)cc32)CC1. The van der Waals surface area contributed by atoms with E-state index in [-0.39, 0.29) is 11.7 Å². The lowest BCUT2D eigenvalue weighted by atomic mass is 9.80. The maximum atomic E-state index is 12.5. The van der Waals surface area contributed by atoms with Gasteiger partial charge in [-0.1, -0.05) is 13.8 Å². The molecule has 0 radical (unpaired) electrons. The summed E-state index contributed by atoms with van der Waals surface area (Å²) < 4.78 is 26.3. The summed E-state index contributed by atoms with van der Waals surface area (Å²) in [5, 5.41) is 5.69. The average molecular weight is 545 g/mol. The molecular weight excluding hydrogens is 504 g/mol. The van der Waals surface area contributed by atoms with Crippen LogP contribution in [0, 0.1) is 11.8 Å². The molecule has 2 aromatic rings. The van der Waals surface area contributed by atoms with Gasteiger partial charge in [0, 0.05) is 36.5 Å². The topological polar surface area (TPSA) is 95.7 Å². The molecule has 1 aromatic carbocycles. The van der Waals surface area contributed by atoms with Crippen LogP contribution >= 0.6 is 11.3 Å². The molecule has 2 unspecified atom stereocenters. The fraction of sp³-hybridized carbons (Fsp3) is 0.607. The van der Waals surface area contributed by atoms with E-state index in [1.807, 2.05) is 17.4 Å². The summed E-state index contributed by atoms with van der Waals surface area (Å²) in [4.78, 5) is 16.5. The smallest absolute Gasteiger partial charge is 0.250 e. The van der Waals surface area contributed by atoms with Crippen LogP contribution in [0.3, 0.4) is 0 Å². The molecule has 1 amide bonds. The molecule has 1 aromatic heterocycles. The van der Waals surface area contributed by atoms with Gasteiger partial charge in [0.15, 0.2) is 0 Å². The molecule has 5 rings (SSSR count). The Balaban J connectivity index is 1.43. The fourth-order valence-corrected chi connectivity index (χ4v) is 8.96. The Morgan fingerprint density at radius 1 is 1.11 bits per heavy atom. The number of amides is 1. The van der Waals surface area contributed by atoms with Crippen molar-refractivity contribution < 1.29 is 13.2 Å². The third-order valence-electron chi connectivity index (χ3n) is 8.57. The predicted octanol–water partition coefficient (Wildman–Crippen LogP) is 4.88. The molecule has 3 aliphatic heterocycles. The number of piperidine rings is 1. The standard InChI is InChI=1S/C28H40N4O3S2/c1-4-37(34,35)32-11-7-19(8-12-32)24-16-30-26-22(24)13-20(14-23(26)28(29)33)21-15-25(36-17-21)27(18(2)3)31-9-5-6-10-31/h13-15,17-19,24,27,30H,4-12,16H2,1-3H3,(H2,29,33). The molecule has 9 heteroatoms. The van der Waals surface area contributed by atoms with Crippen LogP contribution in [0.5, 0.6) is 0 Å². The van der Waals surface area contributed by atoms with Crippen molar-refractivity contribution >= 4 is 33.0 Å². The zero-order valence-corrected chi connectivity index (χ0v) is 23.8. The van der Waals surface area contributed by atoms with Crippen LogP contribution in [0.4, 0.5) is 5.69 Å². The first kappa shape index (κ1) is 26.7. The lowest BCUT2D eigenvalue weighted by molar-refractivity contribution is 0.100. The number of likely N-dealkylation sites (tertiary alicyclic amines) is 1. The minimum Gasteiger partial charge on any atom is -0.384 e. The van der Waals surface area contributed by atoms with Crippen LogP contribution in [-0.2, 0) is 10.0 Å². The summed E-state index contributed by atoms with van der Waals surface area (Å²) in [6.07, 6.45) is 4.20. The van der Waals surface area contributed by atoms with Crippen molar-refractivity contribution in [3.63, 3.8) is 0 Å². The highest BCUT2D eigenvalue weighted by Crippen LogP contribution is 2.45. The van der Waals surface area contributed by atoms with E-state index in [1.54, 1.807) is 11.2 Å². The number of fused-ring (bicyclic) bond motifs is 1. The number of nitrogens with one attached hydrogen (secondary N) is 1. The first-order valence-electron chi connectivity index (χ1n) is 13.7. The van der Waals surface area contributed by atoms with Crippen molar-refractivity contribution in [2.24, 2.45) is 17.6 Å². The third kappa shape index (κ3) is 5.20. The molecule has 202 valence electrons. The summed E-state index contributed by atoms with van der Waals surface area (Å²) in [5.74, 6) is 0.871. The van der Waals surface area contributed by atoms with Gasteiger partial charge in [-0.05, 0) is 97.8 Å². The lowest BCUT2D eigenvalue weighted by Crippen LogP contribution is -2.40. The number of sulfonamides is 1. The zero-order chi connectivity index (χ0) is 26.3. The number of carbonyl (C=O) groups is 1. The molecule has 3 N–H and O–H groups in total. The van der Waals surface area contributed by atoms with E-state index in [0.29, 0.717) is 36.5 Å². The van der Waals surface area contributed by atoms with E-state index in [9.17, 15) is 13.2 Å². The summed E-state index contributed by atoms with van der Waals surface area (Å²) in [6.45, 7) is 10.5. The van der Waals surface area contributed by atoms with Crippen LogP contribution in [-0.4, -0.2) is 62.0 Å². The molecule has 4 heterocycles. The molecule has 2 fully saturated rings. The van der Waals surface area contributed by atoms with Crippen molar-refractivity contribution in [2.45, 2.75) is 58.4 Å². The highest BCUT2D eigenvalue weighted by Gasteiger charge is 2.36. The number of hydrogen-bond donors (Lipinski definition) is 2. The number of hydrogen-bond acceptors (Lipinski definition) is 6. The van der Waals surface area contributed by atoms with Gasteiger partial charge in [0.1, 0.15) is 0 Å². The Morgan fingerprint density at radius 2 is 1.81 bits per heavy atom. The van der Waals surface area contributed by atoms with Gasteiger partial charge in [-0.25, -0.2) is 12.7 Å². The van der Waals surface area contributed by atoms with Crippen molar-refractivity contribution in [3.05, 3.63) is 39.6 Å². The first-order valence-corrected chi connectivity index (χ1v) is 16.2. The van der Waals surface area contributed by atoms with E-state index in [2.05, 4.69) is 41.6 Å². The lowest BCUT2D eigenvalue weighted by Gasteiger charge is -2.34. The van der Waals surface area contributed by atoms with Crippen LogP contribution in [0.15, 0.2) is 23.6 Å². The number of anilines is 1. The Kier molecular flexibility index (Phi) is 7.69. The van der Waals surface area contributed by atoms with Gasteiger partial charge in [0.25, 0.3) is 5.91 Å². The number of carbonyl (C=O) groups excluding carboxylic acids is 1.